The average molecular weight is 519 g/mol. The van der Waals surface area contributed by atoms with Crippen molar-refractivity contribution in [3.05, 3.63) is 69.8 Å². The van der Waals surface area contributed by atoms with Crippen LogP contribution < -0.4 is 9.62 Å². The molecular weight excluding hydrogens is 484 g/mol. The Morgan fingerprint density at radius 2 is 1.75 bits per heavy atom. The topological polar surface area (TPSA) is 130 Å². The predicted octanol–water partition coefficient (Wildman–Crippen LogP) is 3.25. The highest BCUT2D eigenvalue weighted by Gasteiger charge is 2.32. The van der Waals surface area contributed by atoms with E-state index < -0.39 is 33.4 Å². The van der Waals surface area contributed by atoms with Crippen molar-refractivity contribution in [2.75, 3.05) is 23.7 Å². The van der Waals surface area contributed by atoms with Gasteiger partial charge in [-0.25, -0.2) is 8.42 Å². The SMILES string of the molecule is CC[C@@H](C(=O)NCC(C)C)N(Cc1ccc(C)cc1)C(=O)CN(c1cccc([N+](=O)[O-])c1)S(C)(=O)=O. The summed E-state index contributed by atoms with van der Waals surface area (Å²) in [6, 6.07) is 11.7. The highest BCUT2D eigenvalue weighted by molar-refractivity contribution is 7.92. The second-order valence-corrected chi connectivity index (χ2v) is 11.0. The number of nitrogens with zero attached hydrogens (tertiary/aromatic N) is 3. The van der Waals surface area contributed by atoms with Crippen LogP contribution in [-0.2, 0) is 26.2 Å². The summed E-state index contributed by atoms with van der Waals surface area (Å²) in [6.45, 7) is 7.55. The first kappa shape index (κ1) is 28.8. The van der Waals surface area contributed by atoms with Crippen LogP contribution in [0.5, 0.6) is 0 Å². The first-order valence-electron chi connectivity index (χ1n) is 11.7. The van der Waals surface area contributed by atoms with Gasteiger partial charge in [0.2, 0.25) is 21.8 Å². The summed E-state index contributed by atoms with van der Waals surface area (Å²) in [4.78, 5) is 38.6. The molecule has 0 heterocycles. The molecule has 0 aliphatic carbocycles. The normalized spacial score (nSPS) is 12.2. The maximum atomic E-state index is 13.6. The molecule has 2 rings (SSSR count). The second-order valence-electron chi connectivity index (χ2n) is 9.12. The molecule has 11 heteroatoms. The van der Waals surface area contributed by atoms with Gasteiger partial charge in [0.15, 0.2) is 0 Å². The first-order chi connectivity index (χ1) is 16.8. The van der Waals surface area contributed by atoms with Gasteiger partial charge in [0.1, 0.15) is 12.6 Å². The summed E-state index contributed by atoms with van der Waals surface area (Å²) in [5.74, 6) is -0.714. The van der Waals surface area contributed by atoms with Crippen LogP contribution in [0.4, 0.5) is 11.4 Å². The number of nitrogens with one attached hydrogen (secondary N) is 1. The molecule has 0 aliphatic heterocycles. The molecule has 2 aromatic rings. The third-order valence-electron chi connectivity index (χ3n) is 5.55. The van der Waals surface area contributed by atoms with Gasteiger partial charge in [-0.3, -0.25) is 24.0 Å². The molecule has 0 saturated carbocycles. The number of sulfonamides is 1. The fourth-order valence-corrected chi connectivity index (χ4v) is 4.45. The van der Waals surface area contributed by atoms with Gasteiger partial charge < -0.3 is 10.2 Å². The summed E-state index contributed by atoms with van der Waals surface area (Å²) in [5, 5.41) is 14.1. The van der Waals surface area contributed by atoms with Gasteiger partial charge in [-0.1, -0.05) is 56.7 Å². The van der Waals surface area contributed by atoms with Crippen molar-refractivity contribution in [1.29, 1.82) is 0 Å². The Hall–Kier alpha value is -3.47. The van der Waals surface area contributed by atoms with E-state index in [1.165, 1.54) is 23.1 Å². The lowest BCUT2D eigenvalue weighted by molar-refractivity contribution is -0.384. The zero-order valence-corrected chi connectivity index (χ0v) is 22.1. The molecule has 36 heavy (non-hydrogen) atoms. The molecule has 0 aromatic heterocycles. The summed E-state index contributed by atoms with van der Waals surface area (Å²) in [6.07, 6.45) is 1.24. The second kappa shape index (κ2) is 12.5. The molecule has 0 aliphatic rings. The summed E-state index contributed by atoms with van der Waals surface area (Å²) in [7, 11) is -3.98. The first-order valence-corrected chi connectivity index (χ1v) is 13.5. The molecule has 10 nitrogen and oxygen atoms in total. The number of nitro benzene ring substituents is 1. The van der Waals surface area contributed by atoms with Crippen molar-refractivity contribution in [3.63, 3.8) is 0 Å². The number of anilines is 1. The van der Waals surface area contributed by atoms with E-state index >= 15 is 0 Å². The number of amides is 2. The number of carbonyl (C=O) groups excluding carboxylic acids is 2. The highest BCUT2D eigenvalue weighted by Crippen LogP contribution is 2.24. The van der Waals surface area contributed by atoms with Crippen LogP contribution >= 0.6 is 0 Å². The van der Waals surface area contributed by atoms with Gasteiger partial charge in [0.25, 0.3) is 5.69 Å². The van der Waals surface area contributed by atoms with Crippen molar-refractivity contribution in [2.24, 2.45) is 5.92 Å². The number of hydrogen-bond acceptors (Lipinski definition) is 6. The van der Waals surface area contributed by atoms with Gasteiger partial charge in [0, 0.05) is 25.2 Å². The Morgan fingerprint density at radius 1 is 1.11 bits per heavy atom. The fraction of sp³-hybridized carbons (Fsp3) is 0.440. The van der Waals surface area contributed by atoms with Gasteiger partial charge in [0.05, 0.1) is 16.9 Å². The minimum Gasteiger partial charge on any atom is -0.354 e. The standard InChI is InChI=1S/C25H34N4O6S/c1-6-23(25(31)26-15-18(2)3)27(16-20-12-10-19(4)11-13-20)24(30)17-28(36(5,34)35)21-8-7-9-22(14-21)29(32)33/h7-14,18,23H,6,15-17H2,1-5H3,(H,26,31)/t23-/m0/s1. The molecule has 0 radical (unpaired) electrons. The van der Waals surface area contributed by atoms with Gasteiger partial charge in [-0.2, -0.15) is 0 Å². The number of aryl methyl sites for hydroxylation is 1. The molecule has 0 fully saturated rings. The van der Waals surface area contributed by atoms with Crippen LogP contribution in [0.3, 0.4) is 0 Å². The molecular formula is C25H34N4O6S. The Morgan fingerprint density at radius 3 is 2.28 bits per heavy atom. The van der Waals surface area contributed by atoms with E-state index in [9.17, 15) is 28.1 Å². The summed E-state index contributed by atoms with van der Waals surface area (Å²) >= 11 is 0. The molecule has 0 unspecified atom stereocenters. The third-order valence-corrected chi connectivity index (χ3v) is 6.69. The average Bonchev–Trinajstić information content (AvgIpc) is 2.81. The number of carbonyl (C=O) groups is 2. The van der Waals surface area contributed by atoms with Crippen LogP contribution in [0.1, 0.15) is 38.3 Å². The van der Waals surface area contributed by atoms with Gasteiger partial charge >= 0.3 is 0 Å². The molecule has 196 valence electrons. The largest absolute Gasteiger partial charge is 0.354 e. The number of hydrogen-bond donors (Lipinski definition) is 1. The minimum atomic E-state index is -3.98. The van der Waals surface area contributed by atoms with E-state index in [0.29, 0.717) is 13.0 Å². The monoisotopic (exact) mass is 518 g/mol. The quantitative estimate of drug-likeness (QED) is 0.339. The van der Waals surface area contributed by atoms with Crippen LogP contribution in [0, 0.1) is 23.0 Å². The maximum Gasteiger partial charge on any atom is 0.271 e. The third kappa shape index (κ3) is 8.04. The lowest BCUT2D eigenvalue weighted by Gasteiger charge is -2.33. The fourth-order valence-electron chi connectivity index (χ4n) is 3.61. The number of benzene rings is 2. The molecule has 2 amide bonds. The summed E-state index contributed by atoms with van der Waals surface area (Å²) < 4.78 is 26.1. The highest BCUT2D eigenvalue weighted by atomic mass is 32.2. The van der Waals surface area contributed by atoms with Crippen molar-refractivity contribution >= 4 is 33.2 Å². The Labute approximate surface area is 212 Å². The zero-order chi connectivity index (χ0) is 27.0. The Balaban J connectivity index is 2.45. The Bertz CT molecular complexity index is 1180. The van der Waals surface area contributed by atoms with E-state index in [2.05, 4.69) is 5.32 Å². The molecule has 0 spiro atoms. The van der Waals surface area contributed by atoms with Crippen LogP contribution in [-0.4, -0.2) is 55.4 Å². The van der Waals surface area contributed by atoms with Crippen molar-refractivity contribution in [1.82, 2.24) is 10.2 Å². The summed E-state index contributed by atoms with van der Waals surface area (Å²) in [5.41, 5.74) is 1.51. The number of non-ortho nitro benzene ring substituents is 1. The zero-order valence-electron chi connectivity index (χ0n) is 21.3. The molecule has 0 bridgehead atoms. The lowest BCUT2D eigenvalue weighted by Crippen LogP contribution is -2.52. The van der Waals surface area contributed by atoms with Crippen molar-refractivity contribution in [2.45, 2.75) is 46.7 Å². The van der Waals surface area contributed by atoms with Crippen molar-refractivity contribution in [3.8, 4) is 0 Å². The predicted molar refractivity (Wildman–Crippen MR) is 139 cm³/mol. The maximum absolute atomic E-state index is 13.6. The van der Waals surface area contributed by atoms with E-state index in [-0.39, 0.29) is 29.7 Å². The molecule has 1 atom stereocenters. The molecule has 1 N–H and O–H groups in total. The van der Waals surface area contributed by atoms with E-state index in [4.69, 9.17) is 0 Å². The van der Waals surface area contributed by atoms with Crippen molar-refractivity contribution < 1.29 is 22.9 Å². The van der Waals surface area contributed by atoms with Gasteiger partial charge in [-0.15, -0.1) is 0 Å². The van der Waals surface area contributed by atoms with Gasteiger partial charge in [-0.05, 0) is 30.9 Å². The number of rotatable bonds is 12. The van der Waals surface area contributed by atoms with E-state index in [0.717, 1.165) is 27.8 Å². The lowest BCUT2D eigenvalue weighted by atomic mass is 10.1. The smallest absolute Gasteiger partial charge is 0.271 e. The number of nitro groups is 1. The van der Waals surface area contributed by atoms with E-state index in [1.807, 2.05) is 45.0 Å². The van der Waals surface area contributed by atoms with Crippen LogP contribution in [0.15, 0.2) is 48.5 Å². The minimum absolute atomic E-state index is 0.00681. The molecule has 2 aromatic carbocycles. The van der Waals surface area contributed by atoms with Crippen LogP contribution in [0.25, 0.3) is 0 Å². The van der Waals surface area contributed by atoms with Crippen LogP contribution in [0.2, 0.25) is 0 Å². The Kier molecular flexibility index (Phi) is 9.97. The van der Waals surface area contributed by atoms with E-state index in [1.54, 1.807) is 6.92 Å². The molecule has 0 saturated heterocycles.